The van der Waals surface area contributed by atoms with E-state index in [1.165, 1.54) is 5.56 Å². The van der Waals surface area contributed by atoms with Crippen LogP contribution in [0.5, 0.6) is 0 Å². The smallest absolute Gasteiger partial charge is 0.273 e. The number of amides is 1. The molecule has 1 unspecified atom stereocenters. The molecule has 4 heteroatoms. The first-order valence-corrected chi connectivity index (χ1v) is 6.93. The van der Waals surface area contributed by atoms with E-state index in [2.05, 4.69) is 31.1 Å². The molecule has 20 heavy (non-hydrogen) atoms. The highest BCUT2D eigenvalue weighted by molar-refractivity contribution is 6.02. The topological polar surface area (TPSA) is 41.9 Å². The average molecular weight is 274 g/mol. The molecule has 1 amide bonds. The number of likely N-dealkylation sites (N-methyl/N-ethyl adjacent to an activating group) is 1. The molecule has 0 saturated heterocycles. The summed E-state index contributed by atoms with van der Waals surface area (Å²) in [4.78, 5) is 19.5. The summed E-state index contributed by atoms with van der Waals surface area (Å²) in [6.45, 7) is 7.96. The summed E-state index contributed by atoms with van der Waals surface area (Å²) in [5.41, 5.74) is 2.10. The third kappa shape index (κ3) is 2.69. The third-order valence-electron chi connectivity index (χ3n) is 3.70. The second-order valence-corrected chi connectivity index (χ2v) is 5.94. The number of hydrogen-bond acceptors (Lipinski definition) is 3. The van der Waals surface area contributed by atoms with Gasteiger partial charge in [0, 0.05) is 19.2 Å². The van der Waals surface area contributed by atoms with Crippen molar-refractivity contribution in [2.24, 2.45) is 5.16 Å². The van der Waals surface area contributed by atoms with Crippen LogP contribution < -0.4 is 4.90 Å². The van der Waals surface area contributed by atoms with Crippen molar-refractivity contribution in [3.63, 3.8) is 0 Å². The lowest BCUT2D eigenvalue weighted by molar-refractivity contribution is -0.138. The zero-order valence-electron chi connectivity index (χ0n) is 12.8. The number of oxime groups is 1. The van der Waals surface area contributed by atoms with Crippen molar-refractivity contribution < 1.29 is 9.63 Å². The molecule has 0 fully saturated rings. The summed E-state index contributed by atoms with van der Waals surface area (Å²) in [6.07, 6.45) is 0.542. The van der Waals surface area contributed by atoms with Gasteiger partial charge in [0.2, 0.25) is 5.60 Å². The number of carbonyl (C=O) groups is 1. The minimum Gasteiger partial charge on any atom is -0.379 e. The number of hydrogen-bond donors (Lipinski definition) is 0. The summed E-state index contributed by atoms with van der Waals surface area (Å²) in [5.74, 6) is 0.409. The molecule has 2 rings (SSSR count). The van der Waals surface area contributed by atoms with Crippen LogP contribution >= 0.6 is 0 Å². The Morgan fingerprint density at radius 2 is 1.95 bits per heavy atom. The van der Waals surface area contributed by atoms with Crippen molar-refractivity contribution in [2.45, 2.75) is 45.6 Å². The SMILES string of the molecule is CC1=NOC(C)(C(=O)N(C)c2ccc(C(C)C)cc2)C1. The number of rotatable bonds is 3. The first-order chi connectivity index (χ1) is 9.33. The van der Waals surface area contributed by atoms with Gasteiger partial charge in [0.05, 0.1) is 5.71 Å². The van der Waals surface area contributed by atoms with E-state index in [0.29, 0.717) is 12.3 Å². The van der Waals surface area contributed by atoms with Crippen LogP contribution in [0.3, 0.4) is 0 Å². The molecular weight excluding hydrogens is 252 g/mol. The van der Waals surface area contributed by atoms with E-state index in [0.717, 1.165) is 11.4 Å². The van der Waals surface area contributed by atoms with Crippen molar-refractivity contribution in [2.75, 3.05) is 11.9 Å². The highest BCUT2D eigenvalue weighted by Gasteiger charge is 2.42. The second-order valence-electron chi connectivity index (χ2n) is 5.94. The number of anilines is 1. The van der Waals surface area contributed by atoms with Crippen LogP contribution in [0.15, 0.2) is 29.4 Å². The van der Waals surface area contributed by atoms with E-state index in [-0.39, 0.29) is 5.91 Å². The molecule has 1 heterocycles. The lowest BCUT2D eigenvalue weighted by Gasteiger charge is -2.27. The van der Waals surface area contributed by atoms with E-state index >= 15 is 0 Å². The zero-order chi connectivity index (χ0) is 14.9. The molecule has 0 aromatic heterocycles. The van der Waals surface area contributed by atoms with Crippen LogP contribution in [-0.2, 0) is 9.63 Å². The summed E-state index contributed by atoms with van der Waals surface area (Å²) >= 11 is 0. The van der Waals surface area contributed by atoms with Crippen LogP contribution in [0.25, 0.3) is 0 Å². The molecule has 1 aliphatic rings. The number of benzene rings is 1. The van der Waals surface area contributed by atoms with Crippen LogP contribution in [-0.4, -0.2) is 24.3 Å². The van der Waals surface area contributed by atoms with Crippen LogP contribution in [0.4, 0.5) is 5.69 Å². The summed E-state index contributed by atoms with van der Waals surface area (Å²) in [6, 6.07) is 8.06. The molecule has 108 valence electrons. The maximum absolute atomic E-state index is 12.6. The van der Waals surface area contributed by atoms with Gasteiger partial charge >= 0.3 is 0 Å². The maximum Gasteiger partial charge on any atom is 0.273 e. The van der Waals surface area contributed by atoms with Gasteiger partial charge in [0.1, 0.15) is 0 Å². The highest BCUT2D eigenvalue weighted by Crippen LogP contribution is 2.28. The normalized spacial score (nSPS) is 21.6. The Kier molecular flexibility index (Phi) is 3.84. The van der Waals surface area contributed by atoms with E-state index in [4.69, 9.17) is 4.84 Å². The van der Waals surface area contributed by atoms with Gasteiger partial charge in [0.15, 0.2) is 0 Å². The van der Waals surface area contributed by atoms with Crippen LogP contribution in [0.1, 0.15) is 45.6 Å². The Bertz CT molecular complexity index is 534. The first-order valence-electron chi connectivity index (χ1n) is 6.93. The lowest BCUT2D eigenvalue weighted by Crippen LogP contribution is -2.45. The fourth-order valence-corrected chi connectivity index (χ4v) is 2.40. The fourth-order valence-electron chi connectivity index (χ4n) is 2.40. The third-order valence-corrected chi connectivity index (χ3v) is 3.70. The molecule has 0 N–H and O–H groups in total. The van der Waals surface area contributed by atoms with Crippen molar-refractivity contribution in [1.82, 2.24) is 0 Å². The van der Waals surface area contributed by atoms with Gasteiger partial charge in [-0.2, -0.15) is 0 Å². The predicted molar refractivity (Wildman–Crippen MR) is 81.2 cm³/mol. The van der Waals surface area contributed by atoms with Gasteiger partial charge in [-0.15, -0.1) is 0 Å². The summed E-state index contributed by atoms with van der Waals surface area (Å²) < 4.78 is 0. The minimum absolute atomic E-state index is 0.0737. The molecule has 1 aliphatic heterocycles. The Hall–Kier alpha value is -1.84. The monoisotopic (exact) mass is 274 g/mol. The number of carbonyl (C=O) groups excluding carboxylic acids is 1. The largest absolute Gasteiger partial charge is 0.379 e. The molecule has 1 aromatic carbocycles. The quantitative estimate of drug-likeness (QED) is 0.848. The Morgan fingerprint density at radius 3 is 2.40 bits per heavy atom. The summed E-state index contributed by atoms with van der Waals surface area (Å²) in [7, 11) is 1.77. The molecule has 0 spiro atoms. The van der Waals surface area contributed by atoms with Gasteiger partial charge in [-0.05, 0) is 37.5 Å². The zero-order valence-corrected chi connectivity index (χ0v) is 12.8. The van der Waals surface area contributed by atoms with E-state index in [1.54, 1.807) is 18.9 Å². The molecular formula is C16H22N2O2. The van der Waals surface area contributed by atoms with Crippen molar-refractivity contribution >= 4 is 17.3 Å². The van der Waals surface area contributed by atoms with Gasteiger partial charge < -0.3 is 9.74 Å². The van der Waals surface area contributed by atoms with Crippen molar-refractivity contribution in [1.29, 1.82) is 0 Å². The van der Waals surface area contributed by atoms with Gasteiger partial charge in [-0.3, -0.25) is 4.79 Å². The van der Waals surface area contributed by atoms with Crippen LogP contribution in [0, 0.1) is 0 Å². The Morgan fingerprint density at radius 1 is 1.35 bits per heavy atom. The molecule has 4 nitrogen and oxygen atoms in total. The van der Waals surface area contributed by atoms with E-state index < -0.39 is 5.60 Å². The number of nitrogens with zero attached hydrogens (tertiary/aromatic N) is 2. The minimum atomic E-state index is -0.879. The fraction of sp³-hybridized carbons (Fsp3) is 0.500. The molecule has 1 aromatic rings. The summed E-state index contributed by atoms with van der Waals surface area (Å²) in [5, 5.41) is 3.89. The molecule has 0 saturated carbocycles. The predicted octanol–water partition coefficient (Wildman–Crippen LogP) is 3.33. The Labute approximate surface area is 120 Å². The maximum atomic E-state index is 12.6. The lowest BCUT2D eigenvalue weighted by atomic mass is 9.98. The van der Waals surface area contributed by atoms with E-state index in [9.17, 15) is 4.79 Å². The first kappa shape index (κ1) is 14.6. The molecule has 0 bridgehead atoms. The molecule has 0 aliphatic carbocycles. The van der Waals surface area contributed by atoms with Gasteiger partial charge in [-0.1, -0.05) is 31.1 Å². The van der Waals surface area contributed by atoms with Gasteiger partial charge in [-0.25, -0.2) is 0 Å². The van der Waals surface area contributed by atoms with Crippen molar-refractivity contribution in [3.8, 4) is 0 Å². The standard InChI is InChI=1S/C16H22N2O2/c1-11(2)13-6-8-14(9-7-13)18(5)15(19)16(4)10-12(3)17-20-16/h6-9,11H,10H2,1-5H3. The Balaban J connectivity index is 2.15. The van der Waals surface area contributed by atoms with Gasteiger partial charge in [0.25, 0.3) is 5.91 Å². The van der Waals surface area contributed by atoms with E-state index in [1.807, 2.05) is 19.1 Å². The highest BCUT2D eigenvalue weighted by atomic mass is 16.7. The molecule has 1 atom stereocenters. The molecule has 0 radical (unpaired) electrons. The van der Waals surface area contributed by atoms with Crippen LogP contribution in [0.2, 0.25) is 0 Å². The van der Waals surface area contributed by atoms with Crippen molar-refractivity contribution in [3.05, 3.63) is 29.8 Å². The second kappa shape index (κ2) is 5.27. The average Bonchev–Trinajstić information content (AvgIpc) is 2.78.